The first-order valence-electron chi connectivity index (χ1n) is 8.46. The van der Waals surface area contributed by atoms with E-state index < -0.39 is 5.54 Å². The van der Waals surface area contributed by atoms with Crippen LogP contribution in [0.2, 0.25) is 0 Å². The molecule has 0 aromatic heterocycles. The zero-order valence-electron chi connectivity index (χ0n) is 14.4. The van der Waals surface area contributed by atoms with E-state index in [0.717, 1.165) is 29.5 Å². The Labute approximate surface area is 152 Å². The average molecular weight is 351 g/mol. The van der Waals surface area contributed by atoms with Gasteiger partial charge in [0.2, 0.25) is 0 Å². The fourth-order valence-corrected chi connectivity index (χ4v) is 4.12. The van der Waals surface area contributed by atoms with Crippen molar-refractivity contribution in [3.8, 4) is 11.1 Å². The molecule has 2 aromatic rings. The SMILES string of the molecule is CSc1cccc(-c2cccc(C3(C4CC4)NC(=N)N(C)C3=O)c2)c1. The molecule has 2 fully saturated rings. The molecule has 1 amide bonds. The summed E-state index contributed by atoms with van der Waals surface area (Å²) < 4.78 is 0. The van der Waals surface area contributed by atoms with E-state index >= 15 is 0 Å². The highest BCUT2D eigenvalue weighted by atomic mass is 32.2. The van der Waals surface area contributed by atoms with Crippen LogP contribution in [0.3, 0.4) is 0 Å². The molecule has 2 aliphatic rings. The lowest BCUT2D eigenvalue weighted by Crippen LogP contribution is -2.46. The number of hydrogen-bond donors (Lipinski definition) is 2. The van der Waals surface area contributed by atoms with Crippen molar-refractivity contribution in [2.24, 2.45) is 5.92 Å². The van der Waals surface area contributed by atoms with Crippen LogP contribution in [0, 0.1) is 11.3 Å². The van der Waals surface area contributed by atoms with Crippen molar-refractivity contribution >= 4 is 23.6 Å². The lowest BCUT2D eigenvalue weighted by atomic mass is 9.83. The maximum atomic E-state index is 13.0. The molecule has 128 valence electrons. The minimum atomic E-state index is -0.779. The van der Waals surface area contributed by atoms with Crippen LogP contribution in [-0.2, 0) is 10.3 Å². The summed E-state index contributed by atoms with van der Waals surface area (Å²) in [6, 6.07) is 16.6. The van der Waals surface area contributed by atoms with Crippen molar-refractivity contribution in [1.82, 2.24) is 10.2 Å². The Morgan fingerprint density at radius 1 is 1.16 bits per heavy atom. The normalized spacial score (nSPS) is 23.0. The number of nitrogens with zero attached hydrogens (tertiary/aromatic N) is 1. The fraction of sp³-hybridized carbons (Fsp3) is 0.300. The van der Waals surface area contributed by atoms with Crippen LogP contribution in [0.4, 0.5) is 0 Å². The van der Waals surface area contributed by atoms with Gasteiger partial charge in [0.1, 0.15) is 5.54 Å². The Morgan fingerprint density at radius 2 is 1.84 bits per heavy atom. The summed E-state index contributed by atoms with van der Waals surface area (Å²) in [7, 11) is 1.67. The van der Waals surface area contributed by atoms with Gasteiger partial charge in [-0.1, -0.05) is 30.3 Å². The summed E-state index contributed by atoms with van der Waals surface area (Å²) in [4.78, 5) is 15.6. The van der Waals surface area contributed by atoms with Gasteiger partial charge in [-0.25, -0.2) is 0 Å². The first-order chi connectivity index (χ1) is 12.1. The van der Waals surface area contributed by atoms with E-state index in [2.05, 4.69) is 48.0 Å². The van der Waals surface area contributed by atoms with Crippen LogP contribution < -0.4 is 5.32 Å². The van der Waals surface area contributed by atoms with Crippen molar-refractivity contribution in [3.63, 3.8) is 0 Å². The number of carbonyl (C=O) groups is 1. The summed E-state index contributed by atoms with van der Waals surface area (Å²) in [5, 5.41) is 11.3. The van der Waals surface area contributed by atoms with Crippen LogP contribution in [-0.4, -0.2) is 30.1 Å². The van der Waals surface area contributed by atoms with Gasteiger partial charge < -0.3 is 5.32 Å². The Morgan fingerprint density at radius 3 is 2.44 bits per heavy atom. The molecule has 4 nitrogen and oxygen atoms in total. The lowest BCUT2D eigenvalue weighted by molar-refractivity contribution is -0.131. The van der Waals surface area contributed by atoms with Crippen LogP contribution in [0.1, 0.15) is 18.4 Å². The number of benzene rings is 2. The molecule has 5 heteroatoms. The number of amides is 1. The molecule has 1 atom stereocenters. The second kappa shape index (κ2) is 5.92. The molecule has 2 N–H and O–H groups in total. The zero-order valence-corrected chi connectivity index (χ0v) is 15.2. The monoisotopic (exact) mass is 351 g/mol. The van der Waals surface area contributed by atoms with Gasteiger partial charge in [0, 0.05) is 11.9 Å². The summed E-state index contributed by atoms with van der Waals surface area (Å²) in [5.74, 6) is 0.430. The first kappa shape index (κ1) is 16.2. The molecule has 1 saturated heterocycles. The number of rotatable bonds is 4. The van der Waals surface area contributed by atoms with Gasteiger partial charge in [0.15, 0.2) is 5.96 Å². The highest BCUT2D eigenvalue weighted by molar-refractivity contribution is 7.98. The minimum absolute atomic E-state index is 0.0185. The minimum Gasteiger partial charge on any atom is -0.338 e. The van der Waals surface area contributed by atoms with Crippen molar-refractivity contribution in [2.75, 3.05) is 13.3 Å². The standard InChI is InChI=1S/C20H21N3OS/c1-23-18(24)20(15-9-10-15,22-19(23)21)16-7-3-5-13(11-16)14-6-4-8-17(12-14)25-2/h3-8,11-12,15H,9-10H2,1-2H3,(H2,21,22). The van der Waals surface area contributed by atoms with E-state index in [4.69, 9.17) is 5.41 Å². The van der Waals surface area contributed by atoms with Crippen LogP contribution >= 0.6 is 11.8 Å². The van der Waals surface area contributed by atoms with E-state index in [0.29, 0.717) is 0 Å². The number of guanidine groups is 1. The van der Waals surface area contributed by atoms with Gasteiger partial charge in [-0.2, -0.15) is 0 Å². The molecule has 4 rings (SSSR count). The molecule has 0 spiro atoms. The summed E-state index contributed by atoms with van der Waals surface area (Å²) >= 11 is 1.72. The van der Waals surface area contributed by atoms with Crippen LogP contribution in [0.15, 0.2) is 53.4 Å². The molecular formula is C20H21N3OS. The molecule has 0 radical (unpaired) electrons. The predicted molar refractivity (Wildman–Crippen MR) is 102 cm³/mol. The third-order valence-corrected chi connectivity index (χ3v) is 5.93. The summed E-state index contributed by atoms with van der Waals surface area (Å²) in [6.07, 6.45) is 4.11. The molecule has 1 aliphatic carbocycles. The Hall–Kier alpha value is -2.27. The average Bonchev–Trinajstić information content (AvgIpc) is 3.47. The van der Waals surface area contributed by atoms with Gasteiger partial charge in [-0.05, 0) is 59.9 Å². The number of hydrogen-bond acceptors (Lipinski definition) is 3. The van der Waals surface area contributed by atoms with Gasteiger partial charge in [-0.3, -0.25) is 15.1 Å². The van der Waals surface area contributed by atoms with E-state index in [1.165, 1.54) is 9.80 Å². The molecule has 1 unspecified atom stereocenters. The van der Waals surface area contributed by atoms with Crippen molar-refractivity contribution < 1.29 is 4.79 Å². The Balaban J connectivity index is 1.80. The predicted octanol–water partition coefficient (Wildman–Crippen LogP) is 3.68. The quantitative estimate of drug-likeness (QED) is 0.826. The third kappa shape index (κ3) is 2.54. The maximum Gasteiger partial charge on any atom is 0.259 e. The van der Waals surface area contributed by atoms with Gasteiger partial charge in [0.25, 0.3) is 5.91 Å². The van der Waals surface area contributed by atoms with E-state index in [-0.39, 0.29) is 17.8 Å². The first-order valence-corrected chi connectivity index (χ1v) is 9.68. The van der Waals surface area contributed by atoms with Crippen molar-refractivity contribution in [2.45, 2.75) is 23.3 Å². The van der Waals surface area contributed by atoms with Gasteiger partial charge in [0.05, 0.1) is 0 Å². The van der Waals surface area contributed by atoms with E-state index in [1.54, 1.807) is 18.8 Å². The molecule has 0 bridgehead atoms. The largest absolute Gasteiger partial charge is 0.338 e. The van der Waals surface area contributed by atoms with Crippen LogP contribution in [0.5, 0.6) is 0 Å². The number of carbonyl (C=O) groups excluding carboxylic acids is 1. The Kier molecular flexibility index (Phi) is 3.84. The van der Waals surface area contributed by atoms with Crippen molar-refractivity contribution in [3.05, 3.63) is 54.1 Å². The third-order valence-electron chi connectivity index (χ3n) is 5.20. The summed E-state index contributed by atoms with van der Waals surface area (Å²) in [6.45, 7) is 0. The number of likely N-dealkylation sites (N-methyl/N-ethyl adjacent to an activating group) is 1. The highest BCUT2D eigenvalue weighted by Crippen LogP contribution is 2.49. The molecule has 2 aromatic carbocycles. The van der Waals surface area contributed by atoms with E-state index in [9.17, 15) is 4.79 Å². The highest BCUT2D eigenvalue weighted by Gasteiger charge is 2.58. The van der Waals surface area contributed by atoms with Crippen LogP contribution in [0.25, 0.3) is 11.1 Å². The second-order valence-electron chi connectivity index (χ2n) is 6.73. The molecule has 1 saturated carbocycles. The second-order valence-corrected chi connectivity index (χ2v) is 7.61. The molecule has 1 aliphatic heterocycles. The van der Waals surface area contributed by atoms with Crippen molar-refractivity contribution in [1.29, 1.82) is 5.41 Å². The summed E-state index contributed by atoms with van der Waals surface area (Å²) in [5.41, 5.74) is 2.43. The molecule has 25 heavy (non-hydrogen) atoms. The molecular weight excluding hydrogens is 330 g/mol. The number of thioether (sulfide) groups is 1. The maximum absolute atomic E-state index is 13.0. The Bertz CT molecular complexity index is 862. The topological polar surface area (TPSA) is 56.2 Å². The lowest BCUT2D eigenvalue weighted by Gasteiger charge is -2.28. The zero-order chi connectivity index (χ0) is 17.6. The molecule has 1 heterocycles. The number of nitrogens with one attached hydrogen (secondary N) is 2. The van der Waals surface area contributed by atoms with Gasteiger partial charge >= 0.3 is 0 Å². The smallest absolute Gasteiger partial charge is 0.259 e. The van der Waals surface area contributed by atoms with E-state index in [1.807, 2.05) is 12.1 Å². The van der Waals surface area contributed by atoms with Gasteiger partial charge in [-0.15, -0.1) is 11.8 Å². The fourth-order valence-electron chi connectivity index (χ4n) is 3.66.